The largest absolute Gasteiger partial charge is 0.506 e. The number of ether oxygens (including phenoxy) is 11. The van der Waals surface area contributed by atoms with Crippen molar-refractivity contribution in [3.8, 4) is 0 Å². The van der Waals surface area contributed by atoms with Crippen LogP contribution in [0.25, 0.3) is 10.1 Å². The van der Waals surface area contributed by atoms with Gasteiger partial charge in [0.1, 0.15) is 85.8 Å². The number of hydrogen-bond donors (Lipinski definition) is 11. The molecule has 2 aromatic heterocycles. The first-order chi connectivity index (χ1) is 52.2. The monoisotopic (exact) mass is 1650 g/mol. The molecule has 3 unspecified atom stereocenters. The third kappa shape index (κ3) is 29.7. The number of benzene rings is 2. The summed E-state index contributed by atoms with van der Waals surface area (Å²) in [5, 5.41) is 86.4. The maximum absolute atomic E-state index is 10.2. The fraction of sp³-hybridized carbons (Fsp3) is 0.543. The molecule has 0 spiro atoms. The van der Waals surface area contributed by atoms with Gasteiger partial charge in [-0.05, 0) is 119 Å². The fourth-order valence-corrected chi connectivity index (χ4v) is 11.8. The van der Waals surface area contributed by atoms with Crippen molar-refractivity contribution in [2.24, 2.45) is 0 Å². The van der Waals surface area contributed by atoms with Crippen molar-refractivity contribution in [2.45, 2.75) is 256 Å². The first-order valence-corrected chi connectivity index (χ1v) is 41.5. The standard InChI is InChI=1S/C23H27N3O2.C14H12BrN3.C9H16O2.C8H14O3.C7H12O4.C6H15ClSi.C6H10O6.C4H6O4.2C2H4/c1-4-19-20(28-23(2,3)27-19)13-11-17-10-12-18-21(17)25-15-26-22(18)24-14-16-8-6-5-7-9-16;15-12-7-6-11-13(12)17-9-18-14(11)16-8-10-4-2-1-3-5-10;1-5-7-8(6-2)11-9(3,4)10-7;1-4-6-7(5-9)11-8(2,3)10-6;1-7(2)10-4-3-9-6(8)5(4)11-7;1-6(2,3)8(4,5)7;7-1-2(8)5-3(9)4(10)6(11)12-5;5-2-1-8-4(7)3(2)6;2*1-2/h5-11,13,15,19-20H,4,12,14H2,1-3H3,(H,24,25,26);1-5,7,9H,6,8H2,(H,16,17,18);5,7-8H,1,6H2,2-4H3;4,6-7,9H,1,5H2,2-3H3;4-6,8H,3H2,1-2H3;1-5H3;2,5-11H,1H2;2-3,5-6H,1H2;2*1-2H2/b13-11+;;;;;;;;;/t19-,20+;;7-,8+;6-,7+;4-,5-,6?;;2?,5-,6?;2-,3-;;/m1.001.11../s1. The van der Waals surface area contributed by atoms with E-state index < -0.39 is 91.6 Å². The summed E-state index contributed by atoms with van der Waals surface area (Å²) >= 11 is 9.66. The fourth-order valence-electron chi connectivity index (χ4n) is 11.3. The number of cyclic esters (lactones) is 1. The molecule has 11 N–H and O–H groups in total. The molecule has 9 aliphatic rings. The van der Waals surface area contributed by atoms with Crippen molar-refractivity contribution >= 4 is 62.1 Å². The molecule has 0 bridgehead atoms. The van der Waals surface area contributed by atoms with Crippen LogP contribution in [0.1, 0.15) is 136 Å². The minimum atomic E-state index is -1.63. The summed E-state index contributed by atoms with van der Waals surface area (Å²) in [4.78, 5) is 27.7. The highest BCUT2D eigenvalue weighted by atomic mass is 79.9. The van der Waals surface area contributed by atoms with Crippen molar-refractivity contribution < 1.29 is 103 Å². The van der Waals surface area contributed by atoms with Gasteiger partial charge < -0.3 is 109 Å². The molecule has 6 fully saturated rings. The molecule has 2 aromatic carbocycles. The quantitative estimate of drug-likeness (QED) is 0.0228. The van der Waals surface area contributed by atoms with E-state index in [1.54, 1.807) is 18.7 Å². The van der Waals surface area contributed by atoms with E-state index in [-0.39, 0.29) is 62.0 Å². The lowest BCUT2D eigenvalue weighted by Gasteiger charge is -2.29. The molecule has 14 atom stereocenters. The first-order valence-electron chi connectivity index (χ1n) is 36.7. The van der Waals surface area contributed by atoms with Gasteiger partial charge in [-0.3, -0.25) is 0 Å². The van der Waals surface area contributed by atoms with E-state index in [0.29, 0.717) is 11.6 Å². The Labute approximate surface area is 668 Å². The average molecular weight is 1660 g/mol. The average Bonchev–Trinajstić information content (AvgIpc) is 1.66. The second-order valence-corrected chi connectivity index (χ2v) is 37.4. The van der Waals surface area contributed by atoms with Gasteiger partial charge in [0.25, 0.3) is 0 Å². The van der Waals surface area contributed by atoms with Gasteiger partial charge in [-0.1, -0.05) is 145 Å². The van der Waals surface area contributed by atoms with E-state index in [1.165, 1.54) is 16.7 Å². The molecule has 2 aliphatic carbocycles. The Morgan fingerprint density at radius 1 is 0.649 bits per heavy atom. The van der Waals surface area contributed by atoms with E-state index in [1.807, 2.05) is 97.9 Å². The van der Waals surface area contributed by atoms with Crippen molar-refractivity contribution in [3.05, 3.63) is 194 Å². The Bertz CT molecular complexity index is 3610. The normalized spacial score (nSPS) is 27.0. The molecule has 27 nitrogen and oxygen atoms in total. The number of carbonyl (C=O) groups excluding carboxylic acids is 1. The second-order valence-electron chi connectivity index (χ2n) is 29.3. The van der Waals surface area contributed by atoms with Crippen LogP contribution in [0, 0.1) is 0 Å². The predicted molar refractivity (Wildman–Crippen MR) is 433 cm³/mol. The molecular formula is C81H120BrClN6O21Si. The maximum Gasteiger partial charge on any atom is 0.337 e. The number of esters is 1. The Morgan fingerprint density at radius 2 is 1.10 bits per heavy atom. The highest BCUT2D eigenvalue weighted by Crippen LogP contribution is 2.40. The maximum atomic E-state index is 10.2. The van der Waals surface area contributed by atoms with Gasteiger partial charge in [0.15, 0.2) is 54.4 Å². The van der Waals surface area contributed by atoms with Gasteiger partial charge in [-0.15, -0.1) is 39.5 Å². The van der Waals surface area contributed by atoms with E-state index in [0.717, 1.165) is 77.4 Å². The number of fused-ring (bicyclic) bond motifs is 3. The van der Waals surface area contributed by atoms with Crippen LogP contribution in [0.15, 0.2) is 161 Å². The van der Waals surface area contributed by atoms with Crippen LogP contribution in [0.2, 0.25) is 18.1 Å². The van der Waals surface area contributed by atoms with E-state index >= 15 is 0 Å². The summed E-state index contributed by atoms with van der Waals surface area (Å²) < 4.78 is 59.5. The smallest absolute Gasteiger partial charge is 0.337 e. The predicted octanol–water partition coefficient (Wildman–Crippen LogP) is 12.0. The van der Waals surface area contributed by atoms with Gasteiger partial charge in [0.05, 0.1) is 43.4 Å². The number of aliphatic hydroxyl groups excluding tert-OH is 9. The summed E-state index contributed by atoms with van der Waals surface area (Å²) in [5.74, 6) is -2.41. The third-order valence-corrected chi connectivity index (χ3v) is 23.9. The topological polar surface area (TPSA) is 376 Å². The Balaban J connectivity index is 0.000000277. The molecule has 0 amide bonds. The van der Waals surface area contributed by atoms with Crippen molar-refractivity contribution in [3.63, 3.8) is 0 Å². The molecule has 4 aromatic rings. The van der Waals surface area contributed by atoms with Gasteiger partial charge in [-0.25, -0.2) is 24.7 Å². The molecule has 6 saturated heterocycles. The Kier molecular flexibility index (Phi) is 39.2. The van der Waals surface area contributed by atoms with Gasteiger partial charge in [0, 0.05) is 28.7 Å². The van der Waals surface area contributed by atoms with Crippen LogP contribution in [-0.2, 0) is 82.8 Å². The number of carbonyl (C=O) groups is 1. The van der Waals surface area contributed by atoms with Crippen molar-refractivity contribution in [1.29, 1.82) is 0 Å². The minimum absolute atomic E-state index is 0.0277. The van der Waals surface area contributed by atoms with Crippen LogP contribution in [0.4, 0.5) is 11.6 Å². The summed E-state index contributed by atoms with van der Waals surface area (Å²) in [5.41, 5.74) is 7.90. The van der Waals surface area contributed by atoms with Gasteiger partial charge in [0.2, 0.25) is 6.29 Å². The van der Waals surface area contributed by atoms with Crippen LogP contribution in [0.5, 0.6) is 0 Å². The molecule has 7 aliphatic heterocycles. The number of nitrogens with zero attached hydrogens (tertiary/aromatic N) is 4. The number of hydrogen-bond acceptors (Lipinski definition) is 27. The molecule has 30 heteroatoms. The van der Waals surface area contributed by atoms with E-state index in [2.05, 4.69) is 192 Å². The number of anilines is 2. The number of allylic oxidation sites excluding steroid dienone is 4. The lowest BCUT2D eigenvalue weighted by molar-refractivity contribution is -0.205. The zero-order valence-electron chi connectivity index (χ0n) is 66.8. The summed E-state index contributed by atoms with van der Waals surface area (Å²) in [7, 11) is -1.39. The van der Waals surface area contributed by atoms with Gasteiger partial charge in [-0.2, -0.15) is 11.1 Å². The molecule has 13 rings (SSSR count). The van der Waals surface area contributed by atoms with Crippen molar-refractivity contribution in [1.82, 2.24) is 19.9 Å². The highest BCUT2D eigenvalue weighted by Gasteiger charge is 2.50. The molecule has 0 radical (unpaired) electrons. The lowest BCUT2D eigenvalue weighted by Crippen LogP contribution is -2.32. The minimum Gasteiger partial charge on any atom is -0.506 e. The van der Waals surface area contributed by atoms with E-state index in [4.69, 9.17) is 94.6 Å². The molecular weight excluding hydrogens is 1540 g/mol. The third-order valence-electron chi connectivity index (χ3n) is 17.9. The lowest BCUT2D eigenvalue weighted by atomic mass is 10.1. The first kappa shape index (κ1) is 96.9. The van der Waals surface area contributed by atoms with Gasteiger partial charge >= 0.3 is 5.97 Å². The highest BCUT2D eigenvalue weighted by molar-refractivity contribution is 9.15. The Morgan fingerprint density at radius 3 is 1.50 bits per heavy atom. The molecule has 0 saturated carbocycles. The van der Waals surface area contributed by atoms with Crippen LogP contribution >= 0.6 is 27.0 Å². The number of rotatable bonds is 15. The second kappa shape index (κ2) is 45.0. The molecule has 618 valence electrons. The zero-order valence-corrected chi connectivity index (χ0v) is 70.1. The zero-order chi connectivity index (χ0) is 83.4. The molecule has 9 heterocycles. The SMILES string of the molecule is BrC1=CCc2c(NCc3ccccc3)ncnc21.C=C.C=C.C=C[C@@H]1OC(C)(C)O[C@@H]1CC.C=C[C@@H]1OC(C)(C)O[C@@H]1CO.CC(C)(C)[Si](C)(C)Cl.CC1(C)O[C@@H]2COC(O)[C@@H]2O1.CC[C@H]1OC(C)(C)O[C@H]1/C=C/C1=CCc2c(NCc3ccccc3)ncnc21.O=C1OC[C@@H](O)[C@H]1O.OCC(O)[C@H]1OC(O)C(O)=C1O. The number of halogens is 2. The number of nitrogens with one attached hydrogen (secondary N) is 2. The van der Waals surface area contributed by atoms with Crippen molar-refractivity contribution in [2.75, 3.05) is 37.1 Å². The van der Waals surface area contributed by atoms with Crippen LogP contribution in [-0.4, -0.2) is 215 Å². The Hall–Kier alpha value is -6.50. The molecule has 111 heavy (non-hydrogen) atoms. The number of aliphatic hydroxyl groups is 9. The summed E-state index contributed by atoms with van der Waals surface area (Å²) in [6, 6.07) is 20.6. The summed E-state index contributed by atoms with van der Waals surface area (Å²) in [6.07, 6.45) is 10.9. The van der Waals surface area contributed by atoms with E-state index in [9.17, 15) is 9.90 Å². The van der Waals surface area contributed by atoms with Crippen LogP contribution in [0.3, 0.4) is 0 Å². The van der Waals surface area contributed by atoms with Crippen LogP contribution < -0.4 is 10.6 Å². The number of aromatic nitrogens is 4. The summed E-state index contributed by atoms with van der Waals surface area (Å²) in [6.45, 7) is 50.8.